The summed E-state index contributed by atoms with van der Waals surface area (Å²) in [7, 11) is 0. The predicted octanol–water partition coefficient (Wildman–Crippen LogP) is 1.73. The Balaban J connectivity index is 2.13. The molecule has 2 rings (SSSR count). The van der Waals surface area contributed by atoms with E-state index in [2.05, 4.69) is 5.43 Å². The minimum Gasteiger partial charge on any atom is -0.294 e. The Kier molecular flexibility index (Phi) is 2.77. The fraction of sp³-hybridized carbons (Fsp3) is 0.909. The number of hydrogen-bond donors (Lipinski definition) is 2. The summed E-state index contributed by atoms with van der Waals surface area (Å²) in [5, 5.41) is 0. The molecule has 0 bridgehead atoms. The van der Waals surface area contributed by atoms with Gasteiger partial charge >= 0.3 is 0 Å². The maximum atomic E-state index is 11.9. The summed E-state index contributed by atoms with van der Waals surface area (Å²) in [4.78, 5) is 11.9. The maximum Gasteiger partial charge on any atom is 0.240 e. The van der Waals surface area contributed by atoms with Crippen LogP contribution in [0.3, 0.4) is 0 Å². The van der Waals surface area contributed by atoms with Crippen LogP contribution in [0.25, 0.3) is 0 Å². The second kappa shape index (κ2) is 3.89. The molecule has 14 heavy (non-hydrogen) atoms. The molecule has 0 radical (unpaired) electrons. The van der Waals surface area contributed by atoms with Crippen LogP contribution in [0, 0.1) is 11.3 Å². The highest BCUT2D eigenvalue weighted by atomic mass is 16.2. The zero-order valence-electron chi connectivity index (χ0n) is 8.72. The SMILES string of the molecule is NNC(=O)C1(C2CCC2)CCCCC1. The lowest BCUT2D eigenvalue weighted by atomic mass is 9.58. The van der Waals surface area contributed by atoms with E-state index in [9.17, 15) is 4.79 Å². The second-order valence-electron chi connectivity index (χ2n) is 4.82. The van der Waals surface area contributed by atoms with Crippen LogP contribution in [0.4, 0.5) is 0 Å². The van der Waals surface area contributed by atoms with Gasteiger partial charge in [0, 0.05) is 0 Å². The van der Waals surface area contributed by atoms with E-state index in [1.807, 2.05) is 0 Å². The van der Waals surface area contributed by atoms with Gasteiger partial charge in [0.1, 0.15) is 0 Å². The number of nitrogens with one attached hydrogen (secondary N) is 1. The van der Waals surface area contributed by atoms with Crippen LogP contribution in [-0.2, 0) is 4.79 Å². The van der Waals surface area contributed by atoms with Crippen molar-refractivity contribution in [3.63, 3.8) is 0 Å². The highest BCUT2D eigenvalue weighted by Crippen LogP contribution is 2.50. The van der Waals surface area contributed by atoms with Gasteiger partial charge in [-0.3, -0.25) is 10.2 Å². The van der Waals surface area contributed by atoms with Crippen LogP contribution >= 0.6 is 0 Å². The van der Waals surface area contributed by atoms with Crippen molar-refractivity contribution in [3.8, 4) is 0 Å². The molecule has 3 N–H and O–H groups in total. The molecule has 0 aromatic rings. The van der Waals surface area contributed by atoms with E-state index in [1.165, 1.54) is 38.5 Å². The van der Waals surface area contributed by atoms with Crippen LogP contribution in [0.5, 0.6) is 0 Å². The molecule has 80 valence electrons. The number of rotatable bonds is 2. The monoisotopic (exact) mass is 196 g/mol. The van der Waals surface area contributed by atoms with Gasteiger partial charge in [0.05, 0.1) is 5.41 Å². The molecule has 0 saturated heterocycles. The Morgan fingerprint density at radius 2 is 1.79 bits per heavy atom. The summed E-state index contributed by atoms with van der Waals surface area (Å²) in [6.07, 6.45) is 9.55. The average molecular weight is 196 g/mol. The first-order valence-electron chi connectivity index (χ1n) is 5.81. The van der Waals surface area contributed by atoms with Crippen LogP contribution < -0.4 is 11.3 Å². The highest BCUT2D eigenvalue weighted by molar-refractivity contribution is 5.82. The molecule has 2 saturated carbocycles. The van der Waals surface area contributed by atoms with E-state index < -0.39 is 0 Å². The molecular formula is C11H20N2O. The Morgan fingerprint density at radius 1 is 1.14 bits per heavy atom. The lowest BCUT2D eigenvalue weighted by Gasteiger charge is -2.46. The van der Waals surface area contributed by atoms with Gasteiger partial charge in [-0.1, -0.05) is 25.7 Å². The van der Waals surface area contributed by atoms with Gasteiger partial charge in [-0.25, -0.2) is 5.84 Å². The summed E-state index contributed by atoms with van der Waals surface area (Å²) < 4.78 is 0. The first-order valence-corrected chi connectivity index (χ1v) is 5.81. The van der Waals surface area contributed by atoms with E-state index >= 15 is 0 Å². The van der Waals surface area contributed by atoms with Crippen LogP contribution in [0.2, 0.25) is 0 Å². The molecule has 0 aliphatic heterocycles. The average Bonchev–Trinajstić information content (AvgIpc) is 2.15. The Hall–Kier alpha value is -0.570. The predicted molar refractivity (Wildman–Crippen MR) is 55.2 cm³/mol. The lowest BCUT2D eigenvalue weighted by molar-refractivity contribution is -0.139. The lowest BCUT2D eigenvalue weighted by Crippen LogP contribution is -2.51. The third kappa shape index (κ3) is 1.44. The maximum absolute atomic E-state index is 11.9. The smallest absolute Gasteiger partial charge is 0.240 e. The number of amides is 1. The normalized spacial score (nSPS) is 26.6. The third-order valence-electron chi connectivity index (χ3n) is 4.22. The first-order chi connectivity index (χ1) is 6.79. The topological polar surface area (TPSA) is 55.1 Å². The Bertz CT molecular complexity index is 217. The van der Waals surface area contributed by atoms with Gasteiger partial charge in [0.25, 0.3) is 0 Å². The van der Waals surface area contributed by atoms with E-state index in [4.69, 9.17) is 5.84 Å². The summed E-state index contributed by atoms with van der Waals surface area (Å²) in [6.45, 7) is 0. The number of nitrogens with two attached hydrogens (primary N) is 1. The molecule has 0 aromatic carbocycles. The quantitative estimate of drug-likeness (QED) is 0.401. The molecule has 0 aromatic heterocycles. The second-order valence-corrected chi connectivity index (χ2v) is 4.82. The molecule has 0 atom stereocenters. The molecule has 2 fully saturated rings. The van der Waals surface area contributed by atoms with Crippen molar-refractivity contribution in [2.45, 2.75) is 51.4 Å². The molecule has 0 unspecified atom stereocenters. The van der Waals surface area contributed by atoms with Gasteiger partial charge in [-0.15, -0.1) is 0 Å². The van der Waals surface area contributed by atoms with Crippen molar-refractivity contribution in [1.82, 2.24) is 5.43 Å². The van der Waals surface area contributed by atoms with Crippen molar-refractivity contribution in [3.05, 3.63) is 0 Å². The van der Waals surface area contributed by atoms with Crippen molar-refractivity contribution in [1.29, 1.82) is 0 Å². The number of hydrazine groups is 1. The Morgan fingerprint density at radius 3 is 2.21 bits per heavy atom. The van der Waals surface area contributed by atoms with Crippen molar-refractivity contribution in [2.24, 2.45) is 17.2 Å². The minimum absolute atomic E-state index is 0.0920. The minimum atomic E-state index is -0.0920. The molecule has 0 heterocycles. The van der Waals surface area contributed by atoms with E-state index in [0.29, 0.717) is 5.92 Å². The van der Waals surface area contributed by atoms with E-state index in [0.717, 1.165) is 12.8 Å². The van der Waals surface area contributed by atoms with Crippen molar-refractivity contribution < 1.29 is 4.79 Å². The van der Waals surface area contributed by atoms with Crippen molar-refractivity contribution in [2.75, 3.05) is 0 Å². The fourth-order valence-electron chi connectivity index (χ4n) is 3.11. The van der Waals surface area contributed by atoms with E-state index in [-0.39, 0.29) is 11.3 Å². The van der Waals surface area contributed by atoms with Gasteiger partial charge in [-0.05, 0) is 31.6 Å². The van der Waals surface area contributed by atoms with E-state index in [1.54, 1.807) is 0 Å². The van der Waals surface area contributed by atoms with Gasteiger partial charge < -0.3 is 0 Å². The molecule has 2 aliphatic rings. The summed E-state index contributed by atoms with van der Waals surface area (Å²) >= 11 is 0. The van der Waals surface area contributed by atoms with Gasteiger partial charge in [0.2, 0.25) is 5.91 Å². The van der Waals surface area contributed by atoms with Crippen LogP contribution in [0.1, 0.15) is 51.4 Å². The van der Waals surface area contributed by atoms with Crippen molar-refractivity contribution >= 4 is 5.91 Å². The summed E-state index contributed by atoms with van der Waals surface area (Å²) in [6, 6.07) is 0. The molecule has 3 heteroatoms. The first kappa shape index (κ1) is 9.97. The zero-order chi connectivity index (χ0) is 10.0. The third-order valence-corrected chi connectivity index (χ3v) is 4.22. The highest BCUT2D eigenvalue weighted by Gasteiger charge is 2.47. The summed E-state index contributed by atoms with van der Waals surface area (Å²) in [5.41, 5.74) is 2.29. The van der Waals surface area contributed by atoms with Gasteiger partial charge in [-0.2, -0.15) is 0 Å². The molecular weight excluding hydrogens is 176 g/mol. The van der Waals surface area contributed by atoms with Crippen LogP contribution in [0.15, 0.2) is 0 Å². The molecule has 1 amide bonds. The molecule has 2 aliphatic carbocycles. The van der Waals surface area contributed by atoms with Gasteiger partial charge in [0.15, 0.2) is 0 Å². The number of hydrogen-bond acceptors (Lipinski definition) is 2. The number of carbonyl (C=O) groups excluding carboxylic acids is 1. The van der Waals surface area contributed by atoms with Crippen LogP contribution in [-0.4, -0.2) is 5.91 Å². The standard InChI is InChI=1S/C11H20N2O/c12-13-10(14)11(9-5-4-6-9)7-2-1-3-8-11/h9H,1-8,12H2,(H,13,14). The largest absolute Gasteiger partial charge is 0.294 e. The summed E-state index contributed by atoms with van der Waals surface area (Å²) in [5.74, 6) is 6.02. The zero-order valence-corrected chi connectivity index (χ0v) is 8.72. The molecule has 3 nitrogen and oxygen atoms in total. The Labute approximate surface area is 85.4 Å². The number of carbonyl (C=O) groups is 1. The molecule has 0 spiro atoms. The fourth-order valence-corrected chi connectivity index (χ4v) is 3.11.